The van der Waals surface area contributed by atoms with Gasteiger partial charge in [0.2, 0.25) is 0 Å². The summed E-state index contributed by atoms with van der Waals surface area (Å²) < 4.78 is 1.97. The molecule has 4 rings (SSSR count). The monoisotopic (exact) mass is 329 g/mol. The van der Waals surface area contributed by atoms with E-state index < -0.39 is 5.91 Å². The Hall–Kier alpha value is -3.47. The summed E-state index contributed by atoms with van der Waals surface area (Å²) in [6.45, 7) is 0.655. The Bertz CT molecular complexity index is 987. The molecule has 1 aliphatic rings. The molecule has 5 heteroatoms. The summed E-state index contributed by atoms with van der Waals surface area (Å²) in [4.78, 5) is 28.7. The van der Waals surface area contributed by atoms with Gasteiger partial charge in [-0.2, -0.15) is 0 Å². The van der Waals surface area contributed by atoms with Gasteiger partial charge in [-0.15, -0.1) is 0 Å². The van der Waals surface area contributed by atoms with Crippen LogP contribution in [0.4, 0.5) is 0 Å². The highest BCUT2D eigenvalue weighted by atomic mass is 16.2. The quantitative estimate of drug-likeness (QED) is 0.593. The van der Waals surface area contributed by atoms with Gasteiger partial charge in [0.25, 0.3) is 11.8 Å². The van der Waals surface area contributed by atoms with E-state index in [0.717, 1.165) is 5.56 Å². The Morgan fingerprint density at radius 3 is 2.44 bits per heavy atom. The van der Waals surface area contributed by atoms with Gasteiger partial charge in [0.05, 0.1) is 5.57 Å². The number of imidazole rings is 1. The molecule has 1 aromatic heterocycles. The first-order valence-electron chi connectivity index (χ1n) is 7.94. The lowest BCUT2D eigenvalue weighted by atomic mass is 9.94. The van der Waals surface area contributed by atoms with Crippen molar-refractivity contribution in [3.8, 4) is 0 Å². The molecule has 0 atom stereocenters. The molecule has 0 radical (unpaired) electrons. The van der Waals surface area contributed by atoms with Crippen molar-refractivity contribution >= 4 is 23.5 Å². The number of aromatic nitrogens is 2. The molecule has 3 aromatic rings. The molecule has 122 valence electrons. The number of imide groups is 1. The van der Waals surface area contributed by atoms with Crippen LogP contribution >= 0.6 is 0 Å². The number of rotatable bonds is 3. The maximum absolute atomic E-state index is 12.3. The van der Waals surface area contributed by atoms with Crippen LogP contribution in [0.1, 0.15) is 27.3 Å². The number of nitrogens with zero attached hydrogens (tertiary/aromatic N) is 2. The van der Waals surface area contributed by atoms with Gasteiger partial charge >= 0.3 is 0 Å². The molecular weight excluding hydrogens is 314 g/mol. The Labute approximate surface area is 144 Å². The average molecular weight is 329 g/mol. The third-order valence-electron chi connectivity index (χ3n) is 4.15. The molecule has 0 saturated heterocycles. The zero-order valence-electron chi connectivity index (χ0n) is 13.3. The summed E-state index contributed by atoms with van der Waals surface area (Å²) in [5.74, 6) is -0.110. The first-order valence-corrected chi connectivity index (χ1v) is 7.94. The van der Waals surface area contributed by atoms with E-state index in [4.69, 9.17) is 0 Å². The first kappa shape index (κ1) is 15.1. The average Bonchev–Trinajstić information content (AvgIpc) is 3.06. The number of hydrogen-bond acceptors (Lipinski definition) is 3. The van der Waals surface area contributed by atoms with Crippen molar-refractivity contribution in [2.24, 2.45) is 0 Å². The lowest BCUT2D eigenvalue weighted by Crippen LogP contribution is -2.36. The smallest absolute Gasteiger partial charge is 0.258 e. The topological polar surface area (TPSA) is 64.0 Å². The van der Waals surface area contributed by atoms with Crippen LogP contribution in [0.5, 0.6) is 0 Å². The van der Waals surface area contributed by atoms with Crippen molar-refractivity contribution < 1.29 is 9.59 Å². The van der Waals surface area contributed by atoms with Gasteiger partial charge in [0.15, 0.2) is 0 Å². The minimum absolute atomic E-state index is 0.370. The highest BCUT2D eigenvalue weighted by Gasteiger charge is 2.27. The van der Waals surface area contributed by atoms with Crippen LogP contribution in [0.2, 0.25) is 0 Å². The van der Waals surface area contributed by atoms with Crippen LogP contribution in [0.25, 0.3) is 11.6 Å². The van der Waals surface area contributed by atoms with Gasteiger partial charge in [-0.1, -0.05) is 48.5 Å². The van der Waals surface area contributed by atoms with Crippen LogP contribution in [0, 0.1) is 0 Å². The third kappa shape index (κ3) is 2.87. The number of carbonyl (C=O) groups is 2. The first-order chi connectivity index (χ1) is 12.2. The summed E-state index contributed by atoms with van der Waals surface area (Å²) >= 11 is 0. The Morgan fingerprint density at radius 1 is 0.920 bits per heavy atom. The van der Waals surface area contributed by atoms with Crippen molar-refractivity contribution in [2.45, 2.75) is 6.54 Å². The van der Waals surface area contributed by atoms with E-state index in [1.54, 1.807) is 30.5 Å². The molecular formula is C20H15N3O2. The fourth-order valence-corrected chi connectivity index (χ4v) is 2.92. The van der Waals surface area contributed by atoms with Gasteiger partial charge < -0.3 is 4.57 Å². The van der Waals surface area contributed by atoms with Crippen molar-refractivity contribution in [3.63, 3.8) is 0 Å². The lowest BCUT2D eigenvalue weighted by Gasteiger charge is -2.18. The molecule has 0 spiro atoms. The summed E-state index contributed by atoms with van der Waals surface area (Å²) in [6, 6.07) is 17.1. The number of benzene rings is 2. The van der Waals surface area contributed by atoms with E-state index in [2.05, 4.69) is 10.3 Å². The van der Waals surface area contributed by atoms with E-state index in [1.807, 2.05) is 47.2 Å². The van der Waals surface area contributed by atoms with Crippen molar-refractivity contribution in [3.05, 3.63) is 89.5 Å². The van der Waals surface area contributed by atoms with Crippen LogP contribution in [0.3, 0.4) is 0 Å². The second kappa shape index (κ2) is 6.20. The van der Waals surface area contributed by atoms with E-state index in [0.29, 0.717) is 29.1 Å². The SMILES string of the molecule is O=C1NC(=O)c2ccccc2C1=Cc1nccn1Cc1ccccc1. The van der Waals surface area contributed by atoms with Gasteiger partial charge in [-0.25, -0.2) is 4.98 Å². The molecule has 0 unspecified atom stereocenters. The molecule has 5 nitrogen and oxygen atoms in total. The predicted molar refractivity (Wildman–Crippen MR) is 94.6 cm³/mol. The van der Waals surface area contributed by atoms with E-state index >= 15 is 0 Å². The highest BCUT2D eigenvalue weighted by molar-refractivity contribution is 6.33. The van der Waals surface area contributed by atoms with E-state index in [9.17, 15) is 9.59 Å². The molecule has 1 N–H and O–H groups in total. The Balaban J connectivity index is 1.75. The predicted octanol–water partition coefficient (Wildman–Crippen LogP) is 2.74. The number of carbonyl (C=O) groups excluding carboxylic acids is 2. The van der Waals surface area contributed by atoms with Gasteiger partial charge in [-0.3, -0.25) is 14.9 Å². The van der Waals surface area contributed by atoms with Crippen LogP contribution in [0.15, 0.2) is 67.0 Å². The molecule has 0 bridgehead atoms. The molecule has 0 fully saturated rings. The van der Waals surface area contributed by atoms with Gasteiger partial charge in [0, 0.05) is 30.1 Å². The Morgan fingerprint density at radius 2 is 1.64 bits per heavy atom. The minimum Gasteiger partial charge on any atom is -0.327 e. The highest BCUT2D eigenvalue weighted by Crippen LogP contribution is 2.25. The number of nitrogens with one attached hydrogen (secondary N) is 1. The zero-order valence-corrected chi connectivity index (χ0v) is 13.3. The molecule has 2 heterocycles. The van der Waals surface area contributed by atoms with Crippen molar-refractivity contribution in [1.29, 1.82) is 0 Å². The number of hydrogen-bond donors (Lipinski definition) is 1. The van der Waals surface area contributed by atoms with Crippen LogP contribution < -0.4 is 5.32 Å². The van der Waals surface area contributed by atoms with E-state index in [-0.39, 0.29) is 5.91 Å². The van der Waals surface area contributed by atoms with Gasteiger partial charge in [0.1, 0.15) is 5.82 Å². The fourth-order valence-electron chi connectivity index (χ4n) is 2.92. The third-order valence-corrected chi connectivity index (χ3v) is 4.15. The molecule has 0 aliphatic carbocycles. The summed E-state index contributed by atoms with van der Waals surface area (Å²) in [5.41, 5.74) is 2.71. The number of amides is 2. The van der Waals surface area contributed by atoms with Crippen molar-refractivity contribution in [2.75, 3.05) is 0 Å². The van der Waals surface area contributed by atoms with E-state index in [1.165, 1.54) is 0 Å². The lowest BCUT2D eigenvalue weighted by molar-refractivity contribution is -0.114. The Kier molecular flexibility index (Phi) is 3.74. The van der Waals surface area contributed by atoms with Crippen LogP contribution in [-0.4, -0.2) is 21.4 Å². The maximum atomic E-state index is 12.3. The van der Waals surface area contributed by atoms with Gasteiger partial charge in [-0.05, 0) is 17.7 Å². The summed E-state index contributed by atoms with van der Waals surface area (Å²) in [6.07, 6.45) is 5.30. The molecule has 2 aromatic carbocycles. The fraction of sp³-hybridized carbons (Fsp3) is 0.0500. The second-order valence-corrected chi connectivity index (χ2v) is 5.79. The standard InChI is InChI=1S/C20H15N3O2/c24-19-16-9-5-4-8-15(16)17(20(25)22-19)12-18-21-10-11-23(18)13-14-6-2-1-3-7-14/h1-12H,13H2,(H,22,24,25). The summed E-state index contributed by atoms with van der Waals surface area (Å²) in [5, 5.41) is 2.38. The maximum Gasteiger partial charge on any atom is 0.258 e. The van der Waals surface area contributed by atoms with Crippen molar-refractivity contribution in [1.82, 2.24) is 14.9 Å². The normalized spacial score (nSPS) is 15.1. The molecule has 25 heavy (non-hydrogen) atoms. The zero-order chi connectivity index (χ0) is 17.2. The molecule has 2 amide bonds. The number of fused-ring (bicyclic) bond motifs is 1. The molecule has 0 saturated carbocycles. The summed E-state index contributed by atoms with van der Waals surface area (Å²) in [7, 11) is 0. The molecule has 1 aliphatic heterocycles. The largest absolute Gasteiger partial charge is 0.327 e. The minimum atomic E-state index is -0.405. The second-order valence-electron chi connectivity index (χ2n) is 5.79. The van der Waals surface area contributed by atoms with Crippen LogP contribution in [-0.2, 0) is 11.3 Å².